The first-order valence-electron chi connectivity index (χ1n) is 13.8. The number of carbonyl (C=O) groups excluding carboxylic acids is 2. The average Bonchev–Trinajstić information content (AvgIpc) is 3.47. The molecular formula is C32H35N5O3. The summed E-state index contributed by atoms with van der Waals surface area (Å²) in [5.74, 6) is 0.553. The minimum atomic E-state index is -0.111. The lowest BCUT2D eigenvalue weighted by atomic mass is 10.0. The van der Waals surface area contributed by atoms with E-state index in [4.69, 9.17) is 4.74 Å². The van der Waals surface area contributed by atoms with Crippen LogP contribution in [0.1, 0.15) is 44.3 Å². The Morgan fingerprint density at radius 1 is 0.900 bits per heavy atom. The topological polar surface area (TPSA) is 63.0 Å². The van der Waals surface area contributed by atoms with E-state index in [1.807, 2.05) is 57.0 Å². The Balaban J connectivity index is 1.35. The molecule has 2 amide bonds. The zero-order chi connectivity index (χ0) is 28.0. The first-order valence-corrected chi connectivity index (χ1v) is 13.8. The molecule has 0 bridgehead atoms. The molecule has 4 heterocycles. The van der Waals surface area contributed by atoms with Gasteiger partial charge >= 0.3 is 0 Å². The molecule has 3 aromatic rings. The summed E-state index contributed by atoms with van der Waals surface area (Å²) in [6.45, 7) is 7.61. The fourth-order valence-corrected chi connectivity index (χ4v) is 5.84. The summed E-state index contributed by atoms with van der Waals surface area (Å²) in [7, 11) is 3.71. The van der Waals surface area contributed by atoms with Gasteiger partial charge in [-0.2, -0.15) is 0 Å². The van der Waals surface area contributed by atoms with E-state index < -0.39 is 0 Å². The summed E-state index contributed by atoms with van der Waals surface area (Å²) in [6.07, 6.45) is 8.93. The normalized spacial score (nSPS) is 17.1. The molecule has 0 unspecified atom stereocenters. The van der Waals surface area contributed by atoms with E-state index in [1.165, 1.54) is 0 Å². The fraction of sp³-hybridized carbons (Fsp3) is 0.312. The number of amides is 2. The van der Waals surface area contributed by atoms with Crippen LogP contribution in [0.15, 0.2) is 72.0 Å². The SMILES string of the molecule is COc1cc(C(=O)N2Cc3ccc(C(=O)N4CCN(C)CC4)n3C=C3C=CCC=C32)ccc1-n1c(C)ccc1C. The van der Waals surface area contributed by atoms with Gasteiger partial charge in [0.2, 0.25) is 0 Å². The molecule has 1 fully saturated rings. The van der Waals surface area contributed by atoms with Gasteiger partial charge in [-0.15, -0.1) is 0 Å². The van der Waals surface area contributed by atoms with Gasteiger partial charge in [0.1, 0.15) is 11.4 Å². The minimum Gasteiger partial charge on any atom is -0.495 e. The molecule has 6 rings (SSSR count). The van der Waals surface area contributed by atoms with E-state index in [0.717, 1.165) is 53.5 Å². The van der Waals surface area contributed by atoms with E-state index in [1.54, 1.807) is 7.11 Å². The number of benzene rings is 1. The van der Waals surface area contributed by atoms with Crippen molar-refractivity contribution in [3.05, 3.63) is 100 Å². The Bertz CT molecular complexity index is 1560. The molecular weight excluding hydrogens is 502 g/mol. The van der Waals surface area contributed by atoms with Crippen LogP contribution in [0, 0.1) is 13.8 Å². The molecule has 1 aliphatic carbocycles. The van der Waals surface area contributed by atoms with Gasteiger partial charge in [0, 0.05) is 66.3 Å². The molecule has 40 heavy (non-hydrogen) atoms. The third kappa shape index (κ3) is 4.48. The Labute approximate surface area is 235 Å². The third-order valence-corrected chi connectivity index (χ3v) is 8.12. The number of ether oxygens (including phenoxy) is 1. The van der Waals surface area contributed by atoms with Gasteiger partial charge in [-0.1, -0.05) is 18.2 Å². The number of hydrogen-bond acceptors (Lipinski definition) is 4. The molecule has 2 aliphatic heterocycles. The molecule has 2 aromatic heterocycles. The van der Waals surface area contributed by atoms with E-state index in [9.17, 15) is 9.59 Å². The second-order valence-corrected chi connectivity index (χ2v) is 10.7. The summed E-state index contributed by atoms with van der Waals surface area (Å²) < 4.78 is 9.85. The lowest BCUT2D eigenvalue weighted by Crippen LogP contribution is -2.47. The van der Waals surface area contributed by atoms with E-state index in [0.29, 0.717) is 36.6 Å². The lowest BCUT2D eigenvalue weighted by Gasteiger charge is -2.32. The van der Waals surface area contributed by atoms with Crippen molar-refractivity contribution in [3.63, 3.8) is 0 Å². The summed E-state index contributed by atoms with van der Waals surface area (Å²) in [4.78, 5) is 33.6. The van der Waals surface area contributed by atoms with Crippen LogP contribution in [-0.2, 0) is 6.54 Å². The zero-order valence-electron chi connectivity index (χ0n) is 23.6. The molecule has 0 spiro atoms. The van der Waals surface area contributed by atoms with E-state index in [-0.39, 0.29) is 11.8 Å². The maximum Gasteiger partial charge on any atom is 0.270 e. The average molecular weight is 538 g/mol. The lowest BCUT2D eigenvalue weighted by molar-refractivity contribution is 0.0656. The molecule has 3 aliphatic rings. The minimum absolute atomic E-state index is 0.0252. The van der Waals surface area contributed by atoms with Crippen molar-refractivity contribution in [1.82, 2.24) is 23.8 Å². The molecule has 8 heteroatoms. The number of fused-ring (bicyclic) bond motifs is 2. The van der Waals surface area contributed by atoms with Crippen LogP contribution in [0.3, 0.4) is 0 Å². The van der Waals surface area contributed by atoms with Crippen molar-refractivity contribution in [3.8, 4) is 11.4 Å². The monoisotopic (exact) mass is 537 g/mol. The maximum absolute atomic E-state index is 14.1. The molecule has 0 radical (unpaired) electrons. The zero-order valence-corrected chi connectivity index (χ0v) is 23.6. The number of methoxy groups -OCH3 is 1. The summed E-state index contributed by atoms with van der Waals surface area (Å²) in [5, 5.41) is 0. The highest BCUT2D eigenvalue weighted by Crippen LogP contribution is 2.33. The van der Waals surface area contributed by atoms with Crippen LogP contribution in [0.5, 0.6) is 5.75 Å². The summed E-state index contributed by atoms with van der Waals surface area (Å²) in [6, 6.07) is 13.6. The molecule has 8 nitrogen and oxygen atoms in total. The van der Waals surface area contributed by atoms with E-state index >= 15 is 0 Å². The van der Waals surface area contributed by atoms with Crippen LogP contribution >= 0.6 is 0 Å². The smallest absolute Gasteiger partial charge is 0.270 e. The number of hydrogen-bond donors (Lipinski definition) is 0. The van der Waals surface area contributed by atoms with Gasteiger partial charge in [-0.25, -0.2) is 0 Å². The van der Waals surface area contributed by atoms with Gasteiger partial charge in [-0.3, -0.25) is 9.59 Å². The second kappa shape index (κ2) is 10.4. The van der Waals surface area contributed by atoms with Crippen molar-refractivity contribution < 1.29 is 14.3 Å². The molecule has 0 saturated carbocycles. The van der Waals surface area contributed by atoms with Crippen LogP contribution in [0.2, 0.25) is 0 Å². The quantitative estimate of drug-likeness (QED) is 0.487. The van der Waals surface area contributed by atoms with Crippen molar-refractivity contribution in [2.24, 2.45) is 0 Å². The van der Waals surface area contributed by atoms with Gasteiger partial charge in [-0.05, 0) is 69.8 Å². The highest BCUT2D eigenvalue weighted by Gasteiger charge is 2.30. The van der Waals surface area contributed by atoms with Crippen molar-refractivity contribution >= 4 is 18.0 Å². The Hall–Kier alpha value is -4.30. The molecule has 206 valence electrons. The standard InChI is InChI=1S/C32H35N5O3/c1-22-9-10-23(2)37(22)28-13-11-24(19-30(28)40-4)31(38)36-21-26-12-14-29(32(39)34-17-15-33(3)16-18-34)35(26)20-25-7-5-6-8-27(25)36/h5,7-14,19-20H,6,15-18,21H2,1-4H3. The predicted molar refractivity (Wildman–Crippen MR) is 156 cm³/mol. The van der Waals surface area contributed by atoms with Crippen LogP contribution in [0.25, 0.3) is 11.9 Å². The number of aryl methyl sites for hydroxylation is 2. The molecule has 0 atom stereocenters. The maximum atomic E-state index is 14.1. The van der Waals surface area contributed by atoms with Gasteiger partial charge in [0.25, 0.3) is 11.8 Å². The predicted octanol–water partition coefficient (Wildman–Crippen LogP) is 4.63. The number of likely N-dealkylation sites (N-methyl/N-ethyl adjacent to an activating group) is 1. The number of rotatable bonds is 4. The first kappa shape index (κ1) is 26.0. The number of allylic oxidation sites excluding steroid dienone is 3. The van der Waals surface area contributed by atoms with Gasteiger partial charge < -0.3 is 28.6 Å². The molecule has 0 N–H and O–H groups in total. The largest absolute Gasteiger partial charge is 0.495 e. The summed E-state index contributed by atoms with van der Waals surface area (Å²) in [5.41, 5.74) is 6.92. The fourth-order valence-electron chi connectivity index (χ4n) is 5.84. The second-order valence-electron chi connectivity index (χ2n) is 10.7. The Morgan fingerprint density at radius 3 is 2.38 bits per heavy atom. The van der Waals surface area contributed by atoms with Gasteiger partial charge in [0.15, 0.2) is 0 Å². The molecule has 1 saturated heterocycles. The van der Waals surface area contributed by atoms with Crippen LogP contribution in [-0.4, -0.2) is 76.0 Å². The third-order valence-electron chi connectivity index (χ3n) is 8.12. The Kier molecular flexibility index (Phi) is 6.72. The van der Waals surface area contributed by atoms with E-state index in [2.05, 4.69) is 54.6 Å². The van der Waals surface area contributed by atoms with Crippen molar-refractivity contribution in [2.75, 3.05) is 40.3 Å². The number of carbonyl (C=O) groups is 2. The first-order chi connectivity index (χ1) is 19.4. The Morgan fingerprint density at radius 2 is 1.65 bits per heavy atom. The highest BCUT2D eigenvalue weighted by atomic mass is 16.5. The number of piperazine rings is 1. The van der Waals surface area contributed by atoms with Crippen molar-refractivity contribution in [2.45, 2.75) is 26.8 Å². The summed E-state index contributed by atoms with van der Waals surface area (Å²) >= 11 is 0. The number of nitrogens with zero attached hydrogens (tertiary/aromatic N) is 5. The van der Waals surface area contributed by atoms with Gasteiger partial charge in [0.05, 0.1) is 19.3 Å². The molecule has 1 aromatic carbocycles. The van der Waals surface area contributed by atoms with Crippen LogP contribution in [0.4, 0.5) is 0 Å². The highest BCUT2D eigenvalue weighted by molar-refractivity contribution is 5.98. The van der Waals surface area contributed by atoms with Crippen LogP contribution < -0.4 is 4.74 Å². The number of aromatic nitrogens is 2. The van der Waals surface area contributed by atoms with Crippen molar-refractivity contribution in [1.29, 1.82) is 0 Å².